The Morgan fingerprint density at radius 3 is 2.54 bits per heavy atom. The van der Waals surface area contributed by atoms with Crippen molar-refractivity contribution in [3.8, 4) is 0 Å². The number of rotatable bonds is 7. The lowest BCUT2D eigenvalue weighted by Gasteiger charge is -2.40. The minimum Gasteiger partial charge on any atom is -0.477 e. The maximum absolute atomic E-state index is 12.2. The van der Waals surface area contributed by atoms with E-state index in [1.165, 1.54) is 23.6 Å². The maximum Gasteiger partial charge on any atom is 0.353 e. The molecule has 2 fully saturated rings. The molecule has 0 aromatic heterocycles. The van der Waals surface area contributed by atoms with E-state index in [0.29, 0.717) is 24.3 Å². The largest absolute Gasteiger partial charge is 0.477 e. The molecular weight excluding hydrogens is 358 g/mol. The second-order valence-electron chi connectivity index (χ2n) is 6.90. The molecule has 0 saturated carbocycles. The summed E-state index contributed by atoms with van der Waals surface area (Å²) in [5.41, 5.74) is 0.00165. The molecule has 2 aliphatic rings. The number of likely N-dealkylation sites (tertiary alicyclic amines) is 1. The van der Waals surface area contributed by atoms with E-state index in [1.54, 1.807) is 19.0 Å². The van der Waals surface area contributed by atoms with Crippen LogP contribution in [0.15, 0.2) is 10.6 Å². The van der Waals surface area contributed by atoms with Crippen molar-refractivity contribution in [1.29, 1.82) is 0 Å². The summed E-state index contributed by atoms with van der Waals surface area (Å²) in [5, 5.41) is 22.5. The normalized spacial score (nSPS) is 27.7. The molecular formula is C17H27N3O5S. The Morgan fingerprint density at radius 2 is 2.08 bits per heavy atom. The van der Waals surface area contributed by atoms with E-state index >= 15 is 0 Å². The highest BCUT2D eigenvalue weighted by Gasteiger charge is 2.44. The first-order chi connectivity index (χ1) is 12.2. The van der Waals surface area contributed by atoms with Crippen LogP contribution in [-0.4, -0.2) is 82.4 Å². The fourth-order valence-corrected chi connectivity index (χ4v) is 4.55. The Hall–Kier alpha value is -1.58. The number of carbonyl (C=O) groups excluding carboxylic acids is 2. The minimum atomic E-state index is -1.14. The summed E-state index contributed by atoms with van der Waals surface area (Å²) in [6, 6.07) is -0.265. The summed E-state index contributed by atoms with van der Waals surface area (Å²) in [6.45, 7) is 4.21. The molecule has 8 nitrogen and oxygen atoms in total. The number of aliphatic hydroxyl groups excluding tert-OH is 1. The van der Waals surface area contributed by atoms with Gasteiger partial charge in [0.05, 0.1) is 18.1 Å². The third kappa shape index (κ3) is 4.21. The number of nitrogens with one attached hydrogen (secondary N) is 1. The van der Waals surface area contributed by atoms with E-state index in [-0.39, 0.29) is 35.3 Å². The van der Waals surface area contributed by atoms with Gasteiger partial charge in [0, 0.05) is 37.3 Å². The molecule has 0 spiro atoms. The van der Waals surface area contributed by atoms with Crippen molar-refractivity contribution in [2.75, 3.05) is 27.2 Å². The van der Waals surface area contributed by atoms with Gasteiger partial charge in [0.15, 0.2) is 0 Å². The number of hydrogen-bond donors (Lipinski definition) is 3. The van der Waals surface area contributed by atoms with Crippen molar-refractivity contribution in [2.45, 2.75) is 44.1 Å². The first-order valence-electron chi connectivity index (χ1n) is 8.74. The van der Waals surface area contributed by atoms with Gasteiger partial charge in [-0.3, -0.25) is 9.59 Å². The first kappa shape index (κ1) is 20.7. The average molecular weight is 385 g/mol. The molecule has 0 aromatic rings. The summed E-state index contributed by atoms with van der Waals surface area (Å²) < 4.78 is 0. The Morgan fingerprint density at radius 1 is 1.42 bits per heavy atom. The van der Waals surface area contributed by atoms with Gasteiger partial charge in [-0.05, 0) is 19.8 Å². The van der Waals surface area contributed by atoms with E-state index in [1.807, 2.05) is 6.92 Å². The van der Waals surface area contributed by atoms with Gasteiger partial charge in [0.2, 0.25) is 11.8 Å². The summed E-state index contributed by atoms with van der Waals surface area (Å²) in [4.78, 5) is 39.5. The van der Waals surface area contributed by atoms with Crippen LogP contribution in [0.3, 0.4) is 0 Å². The Bertz CT molecular complexity index is 620. The van der Waals surface area contributed by atoms with Crippen LogP contribution in [0, 0.1) is 5.92 Å². The fraction of sp³-hybridized carbons (Fsp3) is 0.706. The Labute approximate surface area is 157 Å². The molecule has 0 bridgehead atoms. The van der Waals surface area contributed by atoms with Crippen molar-refractivity contribution in [1.82, 2.24) is 15.1 Å². The van der Waals surface area contributed by atoms with Crippen molar-refractivity contribution >= 4 is 29.5 Å². The van der Waals surface area contributed by atoms with Crippen LogP contribution < -0.4 is 5.32 Å². The van der Waals surface area contributed by atoms with E-state index in [4.69, 9.17) is 0 Å². The monoisotopic (exact) mass is 385 g/mol. The number of aliphatic carboxylic acids is 1. The smallest absolute Gasteiger partial charge is 0.353 e. The van der Waals surface area contributed by atoms with E-state index < -0.39 is 18.0 Å². The number of nitrogens with zero attached hydrogens (tertiary/aromatic N) is 2. The Balaban J connectivity index is 2.12. The van der Waals surface area contributed by atoms with Gasteiger partial charge in [-0.2, -0.15) is 0 Å². The molecule has 4 atom stereocenters. The molecule has 2 rings (SSSR count). The molecule has 26 heavy (non-hydrogen) atoms. The number of allylic oxidation sites excluding steroid dienone is 1. The van der Waals surface area contributed by atoms with Gasteiger partial charge in [0.1, 0.15) is 5.70 Å². The summed E-state index contributed by atoms with van der Waals surface area (Å²) in [5.74, 6) is -2.03. The van der Waals surface area contributed by atoms with Crippen molar-refractivity contribution in [3.05, 3.63) is 10.6 Å². The van der Waals surface area contributed by atoms with Crippen molar-refractivity contribution in [2.24, 2.45) is 5.92 Å². The standard InChI is InChI=1S/C17H27N3O5S/c1-5-13(26-10-6-12(18-7-10)16(23)19(3)4)14(17(24)25)20-8-11(9(2)21)15(20)22/h9-12,18,21H,5-8H2,1-4H3,(H,24,25)/b14-13+/t9-,10+,11+,12+/m1/s1. The molecule has 0 aromatic carbocycles. The Kier molecular flexibility index (Phi) is 6.70. The molecule has 146 valence electrons. The molecule has 2 amide bonds. The lowest BCUT2D eigenvalue weighted by molar-refractivity contribution is -0.154. The third-order valence-electron chi connectivity index (χ3n) is 4.74. The predicted octanol–water partition coefficient (Wildman–Crippen LogP) is 0.0837. The van der Waals surface area contributed by atoms with Crippen LogP contribution in [0.4, 0.5) is 0 Å². The molecule has 2 saturated heterocycles. The zero-order chi connectivity index (χ0) is 19.6. The topological polar surface area (TPSA) is 110 Å². The zero-order valence-corrected chi connectivity index (χ0v) is 16.4. The number of β-lactam (4-membered cyclic amide) rings is 1. The summed E-state index contributed by atoms with van der Waals surface area (Å²) in [7, 11) is 3.41. The van der Waals surface area contributed by atoms with Gasteiger partial charge < -0.3 is 25.3 Å². The average Bonchev–Trinajstić information content (AvgIpc) is 3.02. The number of carboxylic acid groups (broad SMARTS) is 1. The lowest BCUT2D eigenvalue weighted by atomic mass is 9.92. The van der Waals surface area contributed by atoms with E-state index in [0.717, 1.165) is 0 Å². The zero-order valence-electron chi connectivity index (χ0n) is 15.6. The molecule has 2 heterocycles. The molecule has 0 radical (unpaired) electrons. The van der Waals surface area contributed by atoms with Crippen molar-refractivity contribution in [3.63, 3.8) is 0 Å². The van der Waals surface area contributed by atoms with E-state index in [9.17, 15) is 24.6 Å². The number of amides is 2. The van der Waals surface area contributed by atoms with Crippen LogP contribution in [0.5, 0.6) is 0 Å². The van der Waals surface area contributed by atoms with Gasteiger partial charge in [-0.15, -0.1) is 11.8 Å². The van der Waals surface area contributed by atoms with Crippen molar-refractivity contribution < 1.29 is 24.6 Å². The molecule has 0 aliphatic carbocycles. The van der Waals surface area contributed by atoms with Gasteiger partial charge in [-0.1, -0.05) is 6.92 Å². The fourth-order valence-electron chi connectivity index (χ4n) is 3.20. The SMILES string of the molecule is CC/C(S[C@@H]1CN[C@H](C(=O)N(C)C)C1)=C(/C(=O)O)N1C[C@@H]([C@@H](C)O)C1=O. The number of carbonyl (C=O) groups is 3. The molecule has 2 aliphatic heterocycles. The van der Waals surface area contributed by atoms with E-state index in [2.05, 4.69) is 5.32 Å². The highest BCUT2D eigenvalue weighted by atomic mass is 32.2. The van der Waals surface area contributed by atoms with Gasteiger partial charge >= 0.3 is 5.97 Å². The second kappa shape index (κ2) is 8.41. The quantitative estimate of drug-likeness (QED) is 0.421. The predicted molar refractivity (Wildman–Crippen MR) is 98.3 cm³/mol. The third-order valence-corrected chi connectivity index (χ3v) is 6.20. The second-order valence-corrected chi connectivity index (χ2v) is 8.29. The molecule has 9 heteroatoms. The van der Waals surface area contributed by atoms with Gasteiger partial charge in [-0.25, -0.2) is 4.79 Å². The molecule has 0 unspecified atom stereocenters. The van der Waals surface area contributed by atoms with Crippen LogP contribution in [0.1, 0.15) is 26.7 Å². The maximum atomic E-state index is 12.2. The lowest BCUT2D eigenvalue weighted by Crippen LogP contribution is -2.56. The highest BCUT2D eigenvalue weighted by Crippen LogP contribution is 2.36. The van der Waals surface area contributed by atoms with Gasteiger partial charge in [0.25, 0.3) is 0 Å². The van der Waals surface area contributed by atoms with Crippen LogP contribution in [-0.2, 0) is 14.4 Å². The summed E-state index contributed by atoms with van der Waals surface area (Å²) >= 11 is 1.42. The minimum absolute atomic E-state index is 0.00165. The van der Waals surface area contributed by atoms with Crippen LogP contribution >= 0.6 is 11.8 Å². The number of aliphatic hydroxyl groups is 1. The number of carboxylic acids is 1. The highest BCUT2D eigenvalue weighted by molar-refractivity contribution is 8.03. The summed E-state index contributed by atoms with van der Waals surface area (Å²) in [6.07, 6.45) is 0.309. The molecule has 3 N–H and O–H groups in total. The number of thioether (sulfide) groups is 1. The first-order valence-corrected chi connectivity index (χ1v) is 9.62. The number of hydrogen-bond acceptors (Lipinski definition) is 6. The van der Waals surface area contributed by atoms with Crippen LogP contribution in [0.2, 0.25) is 0 Å². The number of likely N-dealkylation sites (N-methyl/N-ethyl adjacent to an activating group) is 1. The van der Waals surface area contributed by atoms with Crippen LogP contribution in [0.25, 0.3) is 0 Å².